The van der Waals surface area contributed by atoms with Crippen molar-refractivity contribution in [2.45, 2.75) is 38.8 Å². The van der Waals surface area contributed by atoms with Crippen molar-refractivity contribution >= 4 is 40.2 Å². The van der Waals surface area contributed by atoms with E-state index in [1.807, 2.05) is 25.7 Å². The zero-order valence-corrected chi connectivity index (χ0v) is 18.9. The van der Waals surface area contributed by atoms with Gasteiger partial charge in [-0.3, -0.25) is 9.59 Å². The van der Waals surface area contributed by atoms with Gasteiger partial charge in [0, 0.05) is 40.2 Å². The number of anilines is 2. The van der Waals surface area contributed by atoms with Crippen LogP contribution in [0.25, 0.3) is 15.9 Å². The van der Waals surface area contributed by atoms with Crippen LogP contribution in [0.3, 0.4) is 0 Å². The number of hydrogen-bond acceptors (Lipinski definition) is 6. The highest BCUT2D eigenvalue weighted by Crippen LogP contribution is 2.39. The molecule has 1 atom stereocenters. The van der Waals surface area contributed by atoms with E-state index in [-0.39, 0.29) is 42.0 Å². The topological polar surface area (TPSA) is 92.3 Å². The van der Waals surface area contributed by atoms with Gasteiger partial charge in [0.2, 0.25) is 11.4 Å². The number of carbonyl (C=O) groups excluding carboxylic acids is 2. The highest BCUT2D eigenvalue weighted by atomic mass is 16.6. The Balaban J connectivity index is 1.86. The number of hydrogen-bond donors (Lipinski definition) is 0. The summed E-state index contributed by atoms with van der Waals surface area (Å²) in [7, 11) is 3.21. The fraction of sp³-hybridized carbons (Fsp3) is 0.500. The normalized spacial score (nSPS) is 18.7. The SMILES string of the molecule is [C-]#[N+]c1ccc2c(n1)c1c(c(=O)n2C)N(C)C(=O)CC2CN(C(=O)OC(C)(C)C)CCN12. The minimum Gasteiger partial charge on any atom is -0.444 e. The van der Waals surface area contributed by atoms with Gasteiger partial charge in [0.15, 0.2) is 0 Å². The first-order chi connectivity index (χ1) is 15.0. The summed E-state index contributed by atoms with van der Waals surface area (Å²) in [6, 6.07) is 2.93. The maximum atomic E-state index is 13.3. The van der Waals surface area contributed by atoms with E-state index < -0.39 is 11.7 Å². The van der Waals surface area contributed by atoms with Gasteiger partial charge in [-0.25, -0.2) is 4.79 Å². The molecule has 2 aromatic heterocycles. The van der Waals surface area contributed by atoms with E-state index in [0.29, 0.717) is 29.8 Å². The molecule has 2 aliphatic rings. The fourth-order valence-corrected chi connectivity index (χ4v) is 4.28. The minimum absolute atomic E-state index is 0.137. The number of aromatic nitrogens is 2. The molecule has 1 unspecified atom stereocenters. The summed E-state index contributed by atoms with van der Waals surface area (Å²) in [5.41, 5.74) is 0.924. The Bertz CT molecular complexity index is 1220. The van der Waals surface area contributed by atoms with Crippen molar-refractivity contribution < 1.29 is 14.3 Å². The van der Waals surface area contributed by atoms with Crippen molar-refractivity contribution in [1.82, 2.24) is 14.5 Å². The predicted molar refractivity (Wildman–Crippen MR) is 120 cm³/mol. The Kier molecular flexibility index (Phi) is 5.07. The van der Waals surface area contributed by atoms with Crippen molar-refractivity contribution in [3.8, 4) is 0 Å². The number of carbonyl (C=O) groups is 2. The number of rotatable bonds is 0. The summed E-state index contributed by atoms with van der Waals surface area (Å²) in [4.78, 5) is 51.8. The number of fused-ring (bicyclic) bond motifs is 5. The first-order valence-corrected chi connectivity index (χ1v) is 10.4. The molecule has 10 nitrogen and oxygen atoms in total. The summed E-state index contributed by atoms with van der Waals surface area (Å²) < 4.78 is 6.97. The van der Waals surface area contributed by atoms with Crippen LogP contribution in [0.2, 0.25) is 0 Å². The van der Waals surface area contributed by atoms with E-state index in [1.165, 1.54) is 9.47 Å². The Morgan fingerprint density at radius 3 is 2.56 bits per heavy atom. The van der Waals surface area contributed by atoms with Crippen molar-refractivity contribution in [2.75, 3.05) is 36.5 Å². The van der Waals surface area contributed by atoms with Gasteiger partial charge in [-0.15, -0.1) is 4.98 Å². The van der Waals surface area contributed by atoms with E-state index in [2.05, 4.69) is 9.83 Å². The summed E-state index contributed by atoms with van der Waals surface area (Å²) in [6.45, 7) is 13.9. The average molecular weight is 438 g/mol. The van der Waals surface area contributed by atoms with Gasteiger partial charge < -0.3 is 28.8 Å². The van der Waals surface area contributed by atoms with Crippen LogP contribution in [-0.4, -0.2) is 64.8 Å². The fourth-order valence-electron chi connectivity index (χ4n) is 4.28. The third-order valence-electron chi connectivity index (χ3n) is 5.83. The maximum absolute atomic E-state index is 13.3. The number of nitrogens with zero attached hydrogens (tertiary/aromatic N) is 6. The molecule has 0 aromatic carbocycles. The lowest BCUT2D eigenvalue weighted by Crippen LogP contribution is -2.56. The van der Waals surface area contributed by atoms with E-state index in [4.69, 9.17) is 11.3 Å². The molecule has 2 amide bonds. The zero-order valence-electron chi connectivity index (χ0n) is 18.9. The van der Waals surface area contributed by atoms with Crippen LogP contribution in [0.4, 0.5) is 22.0 Å². The first-order valence-electron chi connectivity index (χ1n) is 10.4. The molecule has 168 valence electrons. The van der Waals surface area contributed by atoms with Crippen LogP contribution < -0.4 is 15.4 Å². The molecule has 0 aliphatic carbocycles. The molecular weight excluding hydrogens is 412 g/mol. The molecule has 2 aliphatic heterocycles. The van der Waals surface area contributed by atoms with E-state index in [1.54, 1.807) is 31.1 Å². The van der Waals surface area contributed by atoms with Gasteiger partial charge in [-0.05, 0) is 32.9 Å². The maximum Gasteiger partial charge on any atom is 0.410 e. The smallest absolute Gasteiger partial charge is 0.410 e. The van der Waals surface area contributed by atoms with Crippen molar-refractivity contribution in [3.05, 3.63) is 33.9 Å². The largest absolute Gasteiger partial charge is 0.444 e. The van der Waals surface area contributed by atoms with Crippen LogP contribution in [0.5, 0.6) is 0 Å². The van der Waals surface area contributed by atoms with Crippen molar-refractivity contribution in [1.29, 1.82) is 0 Å². The molecule has 2 aromatic rings. The molecule has 32 heavy (non-hydrogen) atoms. The van der Waals surface area contributed by atoms with Gasteiger partial charge >= 0.3 is 6.09 Å². The summed E-state index contributed by atoms with van der Waals surface area (Å²) >= 11 is 0. The van der Waals surface area contributed by atoms with E-state index >= 15 is 0 Å². The highest BCUT2D eigenvalue weighted by Gasteiger charge is 2.41. The Morgan fingerprint density at radius 1 is 1.19 bits per heavy atom. The number of aryl methyl sites for hydroxylation is 1. The molecular formula is C22H26N6O4. The molecule has 0 bridgehead atoms. The van der Waals surface area contributed by atoms with Crippen LogP contribution >= 0.6 is 0 Å². The summed E-state index contributed by atoms with van der Waals surface area (Å²) in [5, 5.41) is 0. The second-order valence-corrected chi connectivity index (χ2v) is 9.14. The van der Waals surface area contributed by atoms with Crippen molar-refractivity contribution in [3.63, 3.8) is 0 Å². The first kappa shape index (κ1) is 21.6. The summed E-state index contributed by atoms with van der Waals surface area (Å²) in [6.07, 6.45) is -0.290. The van der Waals surface area contributed by atoms with E-state index in [0.717, 1.165) is 0 Å². The molecule has 1 saturated heterocycles. The molecule has 0 spiro atoms. The van der Waals surface area contributed by atoms with Crippen molar-refractivity contribution in [2.24, 2.45) is 7.05 Å². The third-order valence-corrected chi connectivity index (χ3v) is 5.83. The molecule has 1 fully saturated rings. The van der Waals surface area contributed by atoms with Crippen LogP contribution in [0, 0.1) is 6.57 Å². The summed E-state index contributed by atoms with van der Waals surface area (Å²) in [5.74, 6) is -0.0110. The number of piperazine rings is 1. The van der Waals surface area contributed by atoms with Crippen LogP contribution in [0.15, 0.2) is 16.9 Å². The Hall–Kier alpha value is -3.61. The Morgan fingerprint density at radius 2 is 1.91 bits per heavy atom. The lowest BCUT2D eigenvalue weighted by molar-refractivity contribution is -0.118. The minimum atomic E-state index is -0.622. The standard InChI is InChI=1S/C22H26N6O4/c1-22(2,3)32-21(31)27-9-10-28-13(12-27)11-16(29)26(6)19-18(28)17-14(25(5)20(19)30)7-8-15(23-4)24-17/h7-8,13H,9-12H2,1-3,5-6H3. The van der Waals surface area contributed by atoms with E-state index in [9.17, 15) is 14.4 Å². The zero-order chi connectivity index (χ0) is 23.4. The lowest BCUT2D eigenvalue weighted by Gasteiger charge is -2.41. The second-order valence-electron chi connectivity index (χ2n) is 9.14. The highest BCUT2D eigenvalue weighted by molar-refractivity contribution is 6.05. The van der Waals surface area contributed by atoms with Gasteiger partial charge in [0.1, 0.15) is 17.0 Å². The molecule has 4 rings (SSSR count). The van der Waals surface area contributed by atoms with Crippen LogP contribution in [0.1, 0.15) is 27.2 Å². The number of amides is 2. The molecule has 0 radical (unpaired) electrons. The molecule has 0 saturated carbocycles. The van der Waals surface area contributed by atoms with Gasteiger partial charge in [-0.2, -0.15) is 0 Å². The average Bonchev–Trinajstić information content (AvgIpc) is 2.84. The van der Waals surface area contributed by atoms with Gasteiger partial charge in [0.25, 0.3) is 11.4 Å². The quantitative estimate of drug-likeness (QED) is 0.586. The monoisotopic (exact) mass is 438 g/mol. The Labute approximate surface area is 185 Å². The number of pyridine rings is 2. The van der Waals surface area contributed by atoms with Gasteiger partial charge in [-0.1, -0.05) is 6.57 Å². The lowest BCUT2D eigenvalue weighted by atomic mass is 10.1. The van der Waals surface area contributed by atoms with Gasteiger partial charge in [0.05, 0.1) is 11.6 Å². The predicted octanol–water partition coefficient (Wildman–Crippen LogP) is 2.28. The molecule has 0 N–H and O–H groups in total. The second kappa shape index (κ2) is 7.51. The number of ether oxygens (including phenoxy) is 1. The molecule has 10 heteroatoms. The molecule has 4 heterocycles. The third kappa shape index (κ3) is 3.53. The van der Waals surface area contributed by atoms with Crippen LogP contribution in [-0.2, 0) is 16.6 Å².